The second-order valence-electron chi connectivity index (χ2n) is 4.23. The molecule has 0 bridgehead atoms. The smallest absolute Gasteiger partial charge is 0.115 e. The lowest BCUT2D eigenvalue weighted by molar-refractivity contribution is 0.475. The molecule has 0 radical (unpaired) electrons. The van der Waals surface area contributed by atoms with Crippen molar-refractivity contribution in [3.63, 3.8) is 0 Å². The minimum Gasteiger partial charge on any atom is -0.508 e. The van der Waals surface area contributed by atoms with Gasteiger partial charge in [-0.15, -0.1) is 0 Å². The van der Waals surface area contributed by atoms with Crippen LogP contribution in [0.3, 0.4) is 0 Å². The van der Waals surface area contributed by atoms with Crippen molar-refractivity contribution in [2.45, 2.75) is 13.3 Å². The van der Waals surface area contributed by atoms with E-state index in [4.69, 9.17) is 0 Å². The highest BCUT2D eigenvalue weighted by molar-refractivity contribution is 5.97. The van der Waals surface area contributed by atoms with Crippen molar-refractivity contribution in [3.05, 3.63) is 65.7 Å². The molecule has 2 nitrogen and oxygen atoms in total. The molecule has 2 aromatic carbocycles. The quantitative estimate of drug-likeness (QED) is 0.653. The number of phenols is 1. The zero-order valence-corrected chi connectivity index (χ0v) is 10.8. The summed E-state index contributed by atoms with van der Waals surface area (Å²) in [6.07, 6.45) is 0.766. The van der Waals surface area contributed by atoms with Gasteiger partial charge in [0.05, 0.1) is 5.57 Å². The molecule has 0 spiro atoms. The lowest BCUT2D eigenvalue weighted by Crippen LogP contribution is -1.90. The summed E-state index contributed by atoms with van der Waals surface area (Å²) in [4.78, 5) is 0. The van der Waals surface area contributed by atoms with Gasteiger partial charge in [-0.1, -0.05) is 49.4 Å². The van der Waals surface area contributed by atoms with E-state index in [1.165, 1.54) is 0 Å². The number of nitriles is 1. The molecule has 2 rings (SSSR count). The fourth-order valence-corrected chi connectivity index (χ4v) is 2.10. The number of nitrogens with zero attached hydrogens (tertiary/aromatic N) is 1. The minimum atomic E-state index is 0.234. The second kappa shape index (κ2) is 5.88. The fraction of sp³-hybridized carbons (Fsp3) is 0.118. The molecule has 94 valence electrons. The molecule has 0 aromatic heterocycles. The molecule has 0 heterocycles. The lowest BCUT2D eigenvalue weighted by Gasteiger charge is -2.09. The van der Waals surface area contributed by atoms with Crippen LogP contribution in [-0.2, 0) is 0 Å². The van der Waals surface area contributed by atoms with Crippen molar-refractivity contribution >= 4 is 11.1 Å². The van der Waals surface area contributed by atoms with Gasteiger partial charge >= 0.3 is 0 Å². The first-order chi connectivity index (χ1) is 9.26. The Morgan fingerprint density at radius 3 is 2.16 bits per heavy atom. The molecular weight excluding hydrogens is 234 g/mol. The third-order valence-electron chi connectivity index (χ3n) is 3.05. The van der Waals surface area contributed by atoms with Crippen LogP contribution in [0.1, 0.15) is 24.5 Å². The maximum absolute atomic E-state index is 9.44. The summed E-state index contributed by atoms with van der Waals surface area (Å²) in [6, 6.07) is 18.9. The van der Waals surface area contributed by atoms with Crippen molar-refractivity contribution in [2.75, 3.05) is 0 Å². The predicted molar refractivity (Wildman–Crippen MR) is 77.3 cm³/mol. The molecule has 0 aliphatic heterocycles. The molecule has 0 saturated heterocycles. The normalized spacial score (nSPS) is 11.6. The van der Waals surface area contributed by atoms with Crippen LogP contribution in [0.25, 0.3) is 11.1 Å². The average molecular weight is 249 g/mol. The van der Waals surface area contributed by atoms with Crippen LogP contribution in [0.5, 0.6) is 5.75 Å². The van der Waals surface area contributed by atoms with E-state index >= 15 is 0 Å². The van der Waals surface area contributed by atoms with E-state index in [9.17, 15) is 10.4 Å². The van der Waals surface area contributed by atoms with Gasteiger partial charge in [0.2, 0.25) is 0 Å². The third kappa shape index (κ3) is 2.83. The van der Waals surface area contributed by atoms with Gasteiger partial charge in [-0.2, -0.15) is 5.26 Å². The molecule has 2 aromatic rings. The summed E-state index contributed by atoms with van der Waals surface area (Å²) in [5.74, 6) is 0.234. The van der Waals surface area contributed by atoms with Crippen LogP contribution in [0.15, 0.2) is 54.6 Å². The number of aromatic hydroxyl groups is 1. The first-order valence-electron chi connectivity index (χ1n) is 6.24. The molecule has 0 aliphatic carbocycles. The molecular formula is C17H15NO. The molecule has 19 heavy (non-hydrogen) atoms. The van der Waals surface area contributed by atoms with E-state index in [0.717, 1.165) is 23.1 Å². The van der Waals surface area contributed by atoms with E-state index in [1.807, 2.05) is 49.4 Å². The Morgan fingerprint density at radius 2 is 1.63 bits per heavy atom. The van der Waals surface area contributed by atoms with Crippen LogP contribution in [0, 0.1) is 11.3 Å². The molecule has 0 atom stereocenters. The van der Waals surface area contributed by atoms with Gasteiger partial charge in [0.25, 0.3) is 0 Å². The number of benzene rings is 2. The largest absolute Gasteiger partial charge is 0.508 e. The Kier molecular flexibility index (Phi) is 4.00. The first-order valence-corrected chi connectivity index (χ1v) is 6.24. The SMILES string of the molecule is CC/C(=C(/C#N)c1ccccc1)c1ccc(O)cc1. The zero-order valence-electron chi connectivity index (χ0n) is 10.8. The van der Waals surface area contributed by atoms with Crippen LogP contribution >= 0.6 is 0 Å². The summed E-state index contributed by atoms with van der Waals surface area (Å²) in [7, 11) is 0. The maximum Gasteiger partial charge on any atom is 0.115 e. The molecule has 0 aliphatic rings. The summed E-state index contributed by atoms with van der Waals surface area (Å²) < 4.78 is 0. The number of rotatable bonds is 3. The Labute approximate surface area is 113 Å². The van der Waals surface area contributed by atoms with E-state index < -0.39 is 0 Å². The Hall–Kier alpha value is -2.53. The number of hydrogen-bond donors (Lipinski definition) is 1. The summed E-state index contributed by atoms with van der Waals surface area (Å²) in [5.41, 5.74) is 3.58. The standard InChI is InChI=1S/C17H15NO/c1-2-16(14-8-10-15(19)11-9-14)17(12-18)13-6-4-3-5-7-13/h3-11,19H,2H2,1H3/b17-16+. The van der Waals surface area contributed by atoms with Gasteiger partial charge in [0.1, 0.15) is 11.8 Å². The van der Waals surface area contributed by atoms with Crippen molar-refractivity contribution < 1.29 is 5.11 Å². The van der Waals surface area contributed by atoms with E-state index in [0.29, 0.717) is 5.57 Å². The molecule has 0 fully saturated rings. The zero-order chi connectivity index (χ0) is 13.7. The van der Waals surface area contributed by atoms with Crippen LogP contribution < -0.4 is 0 Å². The first kappa shape index (κ1) is 12.9. The monoisotopic (exact) mass is 249 g/mol. The number of phenolic OH excluding ortho intramolecular Hbond substituents is 1. The van der Waals surface area contributed by atoms with Gasteiger partial charge in [-0.25, -0.2) is 0 Å². The van der Waals surface area contributed by atoms with Crippen molar-refractivity contribution in [1.82, 2.24) is 0 Å². The summed E-state index contributed by atoms with van der Waals surface area (Å²) in [6.45, 7) is 2.03. The molecule has 1 N–H and O–H groups in total. The van der Waals surface area contributed by atoms with Crippen molar-refractivity contribution in [1.29, 1.82) is 5.26 Å². The maximum atomic E-state index is 9.44. The second-order valence-corrected chi connectivity index (χ2v) is 4.23. The number of allylic oxidation sites excluding steroid dienone is 2. The Bertz CT molecular complexity index is 619. The van der Waals surface area contributed by atoms with Gasteiger partial charge < -0.3 is 5.11 Å². The van der Waals surface area contributed by atoms with Gasteiger partial charge in [-0.3, -0.25) is 0 Å². The highest BCUT2D eigenvalue weighted by Gasteiger charge is 2.09. The molecule has 0 unspecified atom stereocenters. The summed E-state index contributed by atoms with van der Waals surface area (Å²) in [5, 5.41) is 18.8. The molecule has 0 saturated carbocycles. The van der Waals surface area contributed by atoms with Gasteiger partial charge in [0.15, 0.2) is 0 Å². The third-order valence-corrected chi connectivity index (χ3v) is 3.05. The fourth-order valence-electron chi connectivity index (χ4n) is 2.10. The Morgan fingerprint density at radius 1 is 1.00 bits per heavy atom. The van der Waals surface area contributed by atoms with E-state index in [1.54, 1.807) is 12.1 Å². The minimum absolute atomic E-state index is 0.234. The van der Waals surface area contributed by atoms with E-state index in [-0.39, 0.29) is 5.75 Å². The average Bonchev–Trinajstić information content (AvgIpc) is 2.47. The van der Waals surface area contributed by atoms with Crippen LogP contribution in [-0.4, -0.2) is 5.11 Å². The molecule has 0 amide bonds. The Balaban J connectivity index is 2.57. The molecule has 2 heteroatoms. The lowest BCUT2D eigenvalue weighted by atomic mass is 9.94. The predicted octanol–water partition coefficient (Wildman–Crippen LogP) is 4.24. The van der Waals surface area contributed by atoms with Gasteiger partial charge in [0, 0.05) is 0 Å². The van der Waals surface area contributed by atoms with Crippen molar-refractivity contribution in [2.24, 2.45) is 0 Å². The van der Waals surface area contributed by atoms with Crippen molar-refractivity contribution in [3.8, 4) is 11.8 Å². The highest BCUT2D eigenvalue weighted by Crippen LogP contribution is 2.29. The van der Waals surface area contributed by atoms with Crippen LogP contribution in [0.2, 0.25) is 0 Å². The summed E-state index contributed by atoms with van der Waals surface area (Å²) >= 11 is 0. The number of hydrogen-bond acceptors (Lipinski definition) is 2. The van der Waals surface area contributed by atoms with Gasteiger partial charge in [-0.05, 0) is 35.3 Å². The highest BCUT2D eigenvalue weighted by atomic mass is 16.3. The van der Waals surface area contributed by atoms with E-state index in [2.05, 4.69) is 6.07 Å². The van der Waals surface area contributed by atoms with Crippen LogP contribution in [0.4, 0.5) is 0 Å². The topological polar surface area (TPSA) is 44.0 Å².